The summed E-state index contributed by atoms with van der Waals surface area (Å²) in [4.78, 5) is 0. The van der Waals surface area contributed by atoms with Gasteiger partial charge in [0.15, 0.2) is 0 Å². The summed E-state index contributed by atoms with van der Waals surface area (Å²) in [5, 5.41) is 5.10. The first kappa shape index (κ1) is 12.7. The van der Waals surface area contributed by atoms with E-state index in [9.17, 15) is 13.2 Å². The maximum atomic E-state index is 12.7. The van der Waals surface area contributed by atoms with E-state index in [4.69, 9.17) is 0 Å². The van der Waals surface area contributed by atoms with Crippen molar-refractivity contribution in [3.8, 4) is 0 Å². The van der Waals surface area contributed by atoms with E-state index in [1.165, 1.54) is 11.2 Å². The van der Waals surface area contributed by atoms with Gasteiger partial charge in [-0.25, -0.2) is 0 Å². The van der Waals surface area contributed by atoms with Crippen molar-refractivity contribution in [2.24, 2.45) is 22.9 Å². The Morgan fingerprint density at radius 1 is 1.35 bits per heavy atom. The van der Waals surface area contributed by atoms with Crippen molar-refractivity contribution in [2.45, 2.75) is 45.3 Å². The van der Waals surface area contributed by atoms with Crippen LogP contribution in [0.25, 0.3) is 0 Å². The molecule has 0 bridgehead atoms. The van der Waals surface area contributed by atoms with Crippen molar-refractivity contribution in [1.82, 2.24) is 5.01 Å². The molecule has 2 nitrogen and oxygen atoms in total. The minimum absolute atomic E-state index is 0.00380. The third-order valence-electron chi connectivity index (χ3n) is 3.96. The summed E-state index contributed by atoms with van der Waals surface area (Å²) in [6, 6.07) is -1.39. The normalized spacial score (nSPS) is 33.3. The second kappa shape index (κ2) is 4.50. The van der Waals surface area contributed by atoms with E-state index in [2.05, 4.69) is 18.9 Å². The minimum atomic E-state index is -4.16. The topological polar surface area (TPSA) is 15.6 Å². The van der Waals surface area contributed by atoms with Crippen molar-refractivity contribution in [2.75, 3.05) is 6.54 Å². The zero-order valence-electron chi connectivity index (χ0n) is 10.2. The lowest BCUT2D eigenvalue weighted by atomic mass is 9.69. The molecule has 1 heterocycles. The Morgan fingerprint density at radius 2 is 2.00 bits per heavy atom. The fourth-order valence-electron chi connectivity index (χ4n) is 2.68. The molecule has 0 aromatic carbocycles. The van der Waals surface area contributed by atoms with Crippen molar-refractivity contribution >= 4 is 6.21 Å². The maximum Gasteiger partial charge on any atom is 0.410 e. The van der Waals surface area contributed by atoms with Crippen molar-refractivity contribution in [3.05, 3.63) is 0 Å². The van der Waals surface area contributed by atoms with Gasteiger partial charge >= 0.3 is 6.18 Å². The van der Waals surface area contributed by atoms with Crippen LogP contribution in [0.3, 0.4) is 0 Å². The van der Waals surface area contributed by atoms with Crippen LogP contribution in [0.15, 0.2) is 5.10 Å². The fourth-order valence-corrected chi connectivity index (χ4v) is 2.68. The second-order valence-corrected chi connectivity index (χ2v) is 5.55. The Labute approximate surface area is 99.9 Å². The molecule has 2 aliphatic rings. The lowest BCUT2D eigenvalue weighted by molar-refractivity contribution is -0.181. The largest absolute Gasteiger partial charge is 0.410 e. The number of hydrazone groups is 1. The standard InChI is InChI=1S/C12H19F3N2/c1-8(2)10-5-9(6-10)7-17-11(3-4-16-17)12(13,14)15/h4,8-11H,3,5-7H2,1-2H3. The van der Waals surface area contributed by atoms with E-state index >= 15 is 0 Å². The van der Waals surface area contributed by atoms with Crippen LogP contribution in [0.5, 0.6) is 0 Å². The van der Waals surface area contributed by atoms with E-state index in [-0.39, 0.29) is 6.42 Å². The van der Waals surface area contributed by atoms with Crippen LogP contribution in [-0.4, -0.2) is 30.0 Å². The third-order valence-corrected chi connectivity index (χ3v) is 3.96. The van der Waals surface area contributed by atoms with E-state index in [0.29, 0.717) is 24.3 Å². The van der Waals surface area contributed by atoms with Gasteiger partial charge in [-0.15, -0.1) is 0 Å². The van der Waals surface area contributed by atoms with E-state index in [1.807, 2.05) is 0 Å². The Bertz CT molecular complexity index is 293. The van der Waals surface area contributed by atoms with Gasteiger partial charge in [-0.3, -0.25) is 5.01 Å². The van der Waals surface area contributed by atoms with Gasteiger partial charge in [-0.05, 0) is 30.6 Å². The molecule has 0 aromatic rings. The van der Waals surface area contributed by atoms with Crippen LogP contribution in [-0.2, 0) is 0 Å². The molecule has 1 atom stereocenters. The summed E-state index contributed by atoms with van der Waals surface area (Å²) < 4.78 is 38.0. The first-order chi connectivity index (χ1) is 7.88. The molecule has 1 fully saturated rings. The van der Waals surface area contributed by atoms with Gasteiger partial charge in [0.2, 0.25) is 0 Å². The molecule has 1 aliphatic carbocycles. The Balaban J connectivity index is 1.82. The zero-order valence-corrected chi connectivity index (χ0v) is 10.2. The molecule has 0 saturated heterocycles. The van der Waals surface area contributed by atoms with E-state index in [0.717, 1.165) is 12.8 Å². The van der Waals surface area contributed by atoms with Gasteiger partial charge in [0.05, 0.1) is 0 Å². The van der Waals surface area contributed by atoms with E-state index in [1.54, 1.807) is 0 Å². The predicted molar refractivity (Wildman–Crippen MR) is 60.7 cm³/mol. The SMILES string of the molecule is CC(C)C1CC(CN2N=CCC2C(F)(F)F)C1. The first-order valence-corrected chi connectivity index (χ1v) is 6.23. The number of rotatable bonds is 3. The molecule has 0 radical (unpaired) electrons. The van der Waals surface area contributed by atoms with Gasteiger partial charge in [0.25, 0.3) is 0 Å². The summed E-state index contributed by atoms with van der Waals surface area (Å²) in [7, 11) is 0. The Hall–Kier alpha value is -0.740. The minimum Gasteiger partial charge on any atom is -0.284 e. The molecule has 0 N–H and O–H groups in total. The highest BCUT2D eigenvalue weighted by atomic mass is 19.4. The van der Waals surface area contributed by atoms with Crippen LogP contribution in [0.4, 0.5) is 13.2 Å². The van der Waals surface area contributed by atoms with Crippen LogP contribution in [0.2, 0.25) is 0 Å². The molecule has 0 spiro atoms. The number of halogens is 3. The van der Waals surface area contributed by atoms with Crippen LogP contribution in [0, 0.1) is 17.8 Å². The second-order valence-electron chi connectivity index (χ2n) is 5.55. The highest BCUT2D eigenvalue weighted by Crippen LogP contribution is 2.40. The fraction of sp³-hybridized carbons (Fsp3) is 0.917. The molecular weight excluding hydrogens is 229 g/mol. The molecule has 2 rings (SSSR count). The lowest BCUT2D eigenvalue weighted by Gasteiger charge is -2.40. The molecule has 0 aromatic heterocycles. The molecule has 1 unspecified atom stereocenters. The molecule has 1 saturated carbocycles. The summed E-state index contributed by atoms with van der Waals surface area (Å²) in [5.74, 6) is 1.73. The van der Waals surface area contributed by atoms with Gasteiger partial charge < -0.3 is 0 Å². The van der Waals surface area contributed by atoms with Crippen LogP contribution >= 0.6 is 0 Å². The van der Waals surface area contributed by atoms with Crippen molar-refractivity contribution in [1.29, 1.82) is 0 Å². The number of hydrogen-bond acceptors (Lipinski definition) is 2. The number of alkyl halides is 3. The molecule has 5 heteroatoms. The van der Waals surface area contributed by atoms with Crippen LogP contribution < -0.4 is 0 Å². The molecule has 98 valence electrons. The van der Waals surface area contributed by atoms with Gasteiger partial charge in [-0.1, -0.05) is 13.8 Å². The zero-order chi connectivity index (χ0) is 12.6. The lowest BCUT2D eigenvalue weighted by Crippen LogP contribution is -2.44. The van der Waals surface area contributed by atoms with Crippen molar-refractivity contribution in [3.63, 3.8) is 0 Å². The monoisotopic (exact) mass is 248 g/mol. The summed E-state index contributed by atoms with van der Waals surface area (Å²) in [5.41, 5.74) is 0. The summed E-state index contributed by atoms with van der Waals surface area (Å²) in [6.45, 7) is 4.81. The van der Waals surface area contributed by atoms with E-state index < -0.39 is 12.2 Å². The highest BCUT2D eigenvalue weighted by molar-refractivity contribution is 5.60. The molecule has 0 amide bonds. The van der Waals surface area contributed by atoms with Crippen LogP contribution in [0.1, 0.15) is 33.1 Å². The average Bonchev–Trinajstić information content (AvgIpc) is 2.56. The maximum absolute atomic E-state index is 12.7. The van der Waals surface area contributed by atoms with Crippen molar-refractivity contribution < 1.29 is 13.2 Å². The first-order valence-electron chi connectivity index (χ1n) is 6.23. The molecular formula is C12H19F3N2. The smallest absolute Gasteiger partial charge is 0.284 e. The van der Waals surface area contributed by atoms with Gasteiger partial charge in [0.1, 0.15) is 6.04 Å². The highest BCUT2D eigenvalue weighted by Gasteiger charge is 2.46. The predicted octanol–water partition coefficient (Wildman–Crippen LogP) is 3.29. The molecule has 1 aliphatic heterocycles. The molecule has 17 heavy (non-hydrogen) atoms. The third kappa shape index (κ3) is 2.75. The quantitative estimate of drug-likeness (QED) is 0.748. The average molecular weight is 248 g/mol. The Kier molecular flexibility index (Phi) is 3.36. The number of hydrogen-bond donors (Lipinski definition) is 0. The van der Waals surface area contributed by atoms with Gasteiger partial charge in [0, 0.05) is 19.2 Å². The summed E-state index contributed by atoms with van der Waals surface area (Å²) in [6.07, 6.45) is -0.666. The van der Waals surface area contributed by atoms with Gasteiger partial charge in [-0.2, -0.15) is 18.3 Å². The number of nitrogens with zero attached hydrogens (tertiary/aromatic N) is 2. The summed E-state index contributed by atoms with van der Waals surface area (Å²) >= 11 is 0. The Morgan fingerprint density at radius 3 is 2.53 bits per heavy atom.